The van der Waals surface area contributed by atoms with Gasteiger partial charge in [-0.3, -0.25) is 10.1 Å². The Balaban J connectivity index is 2.52. The van der Waals surface area contributed by atoms with Crippen LogP contribution in [0.25, 0.3) is 0 Å². The van der Waals surface area contributed by atoms with E-state index in [0.717, 1.165) is 12.0 Å². The lowest BCUT2D eigenvalue weighted by Crippen LogP contribution is -2.41. The van der Waals surface area contributed by atoms with Gasteiger partial charge in [0, 0.05) is 31.8 Å². The van der Waals surface area contributed by atoms with Gasteiger partial charge in [0.1, 0.15) is 0 Å². The second-order valence-electron chi connectivity index (χ2n) is 4.29. The molecule has 7 heteroatoms. The molecule has 2 amide bonds. The molecule has 0 aliphatic rings. The third-order valence-corrected chi connectivity index (χ3v) is 2.74. The first-order valence-corrected chi connectivity index (χ1v) is 6.45. The summed E-state index contributed by atoms with van der Waals surface area (Å²) in [4.78, 5) is 23.5. The summed E-state index contributed by atoms with van der Waals surface area (Å²) in [6, 6.07) is 5.76. The molecule has 0 fully saturated rings. The van der Waals surface area contributed by atoms with Crippen molar-refractivity contribution in [3.05, 3.63) is 39.9 Å². The highest BCUT2D eigenvalue weighted by Gasteiger charge is 2.11. The van der Waals surface area contributed by atoms with E-state index in [-0.39, 0.29) is 18.3 Å². The average molecular weight is 281 g/mol. The van der Waals surface area contributed by atoms with Crippen LogP contribution in [0.2, 0.25) is 0 Å². The Hall–Kier alpha value is -2.15. The van der Waals surface area contributed by atoms with E-state index in [1.807, 2.05) is 6.92 Å². The van der Waals surface area contributed by atoms with Crippen LogP contribution < -0.4 is 5.32 Å². The minimum atomic E-state index is -0.466. The lowest BCUT2D eigenvalue weighted by atomic mass is 10.2. The van der Waals surface area contributed by atoms with Gasteiger partial charge >= 0.3 is 6.03 Å². The van der Waals surface area contributed by atoms with Gasteiger partial charge in [-0.2, -0.15) is 0 Å². The largest absolute Gasteiger partial charge is 0.395 e. The van der Waals surface area contributed by atoms with Gasteiger partial charge < -0.3 is 15.3 Å². The fraction of sp³-hybridized carbons (Fsp3) is 0.462. The van der Waals surface area contributed by atoms with Crippen LogP contribution in [0.1, 0.15) is 18.9 Å². The summed E-state index contributed by atoms with van der Waals surface area (Å²) in [7, 11) is 0. The number of non-ortho nitro benzene ring substituents is 1. The number of aliphatic hydroxyl groups excluding tert-OH is 1. The molecular weight excluding hydrogens is 262 g/mol. The smallest absolute Gasteiger partial charge is 0.317 e. The van der Waals surface area contributed by atoms with Crippen LogP contribution in [0.15, 0.2) is 24.3 Å². The predicted octanol–water partition coefficient (Wildman–Crippen LogP) is 1.51. The molecule has 1 aromatic carbocycles. The first-order valence-electron chi connectivity index (χ1n) is 6.45. The monoisotopic (exact) mass is 281 g/mol. The molecule has 0 bridgehead atoms. The van der Waals surface area contributed by atoms with Crippen molar-refractivity contribution < 1.29 is 14.8 Å². The van der Waals surface area contributed by atoms with Gasteiger partial charge in [-0.25, -0.2) is 4.79 Å². The van der Waals surface area contributed by atoms with Crippen molar-refractivity contribution in [2.24, 2.45) is 0 Å². The van der Waals surface area contributed by atoms with Crippen molar-refractivity contribution in [3.63, 3.8) is 0 Å². The summed E-state index contributed by atoms with van der Waals surface area (Å²) >= 11 is 0. The van der Waals surface area contributed by atoms with Crippen LogP contribution in [-0.2, 0) is 6.54 Å². The van der Waals surface area contributed by atoms with E-state index in [4.69, 9.17) is 5.11 Å². The molecule has 0 radical (unpaired) electrons. The van der Waals surface area contributed by atoms with Crippen LogP contribution >= 0.6 is 0 Å². The van der Waals surface area contributed by atoms with E-state index in [2.05, 4.69) is 5.32 Å². The van der Waals surface area contributed by atoms with Crippen molar-refractivity contribution in [1.82, 2.24) is 10.2 Å². The molecule has 0 aromatic heterocycles. The number of hydrogen-bond donors (Lipinski definition) is 2. The number of urea groups is 1. The summed E-state index contributed by atoms with van der Waals surface area (Å²) in [6.07, 6.45) is 0.810. The van der Waals surface area contributed by atoms with Gasteiger partial charge in [-0.05, 0) is 12.0 Å². The molecule has 1 aromatic rings. The quantitative estimate of drug-likeness (QED) is 0.585. The van der Waals surface area contributed by atoms with Gasteiger partial charge in [0.2, 0.25) is 0 Å². The number of carbonyl (C=O) groups is 1. The highest BCUT2D eigenvalue weighted by atomic mass is 16.6. The number of amides is 2. The molecule has 0 saturated heterocycles. The Kier molecular flexibility index (Phi) is 6.45. The molecule has 110 valence electrons. The SMILES string of the molecule is CCCN(CCO)C(=O)NCc1ccc([N+](=O)[O-])cc1. The molecule has 0 atom stereocenters. The topological polar surface area (TPSA) is 95.7 Å². The molecule has 0 aliphatic heterocycles. The summed E-state index contributed by atoms with van der Waals surface area (Å²) in [5.41, 5.74) is 0.803. The van der Waals surface area contributed by atoms with Gasteiger partial charge in [0.05, 0.1) is 11.5 Å². The third kappa shape index (κ3) is 4.85. The summed E-state index contributed by atoms with van der Waals surface area (Å²) in [5, 5.41) is 22.1. The number of nitrogens with zero attached hydrogens (tertiary/aromatic N) is 2. The van der Waals surface area contributed by atoms with E-state index in [0.29, 0.717) is 19.6 Å². The normalized spacial score (nSPS) is 10.1. The van der Waals surface area contributed by atoms with Gasteiger partial charge in [-0.15, -0.1) is 0 Å². The molecule has 20 heavy (non-hydrogen) atoms. The maximum Gasteiger partial charge on any atom is 0.317 e. The second-order valence-corrected chi connectivity index (χ2v) is 4.29. The van der Waals surface area contributed by atoms with Crippen molar-refractivity contribution in [3.8, 4) is 0 Å². The molecule has 0 spiro atoms. The van der Waals surface area contributed by atoms with Crippen molar-refractivity contribution in [2.75, 3.05) is 19.7 Å². The fourth-order valence-electron chi connectivity index (χ4n) is 1.73. The zero-order valence-corrected chi connectivity index (χ0v) is 11.4. The lowest BCUT2D eigenvalue weighted by molar-refractivity contribution is -0.384. The number of benzene rings is 1. The molecule has 0 saturated carbocycles. The first kappa shape index (κ1) is 15.9. The van der Waals surface area contributed by atoms with Crippen LogP contribution in [0.3, 0.4) is 0 Å². The van der Waals surface area contributed by atoms with Gasteiger partial charge in [0.25, 0.3) is 5.69 Å². The molecular formula is C13H19N3O4. The maximum atomic E-state index is 11.9. The van der Waals surface area contributed by atoms with E-state index >= 15 is 0 Å². The summed E-state index contributed by atoms with van der Waals surface area (Å²) in [6.45, 7) is 3.04. The Morgan fingerprint density at radius 3 is 2.50 bits per heavy atom. The molecule has 7 nitrogen and oxygen atoms in total. The number of nitrogens with one attached hydrogen (secondary N) is 1. The maximum absolute atomic E-state index is 11.9. The van der Waals surface area contributed by atoms with Crippen LogP contribution in [-0.4, -0.2) is 40.7 Å². The van der Waals surface area contributed by atoms with Crippen molar-refractivity contribution in [1.29, 1.82) is 0 Å². The van der Waals surface area contributed by atoms with E-state index < -0.39 is 4.92 Å². The lowest BCUT2D eigenvalue weighted by Gasteiger charge is -2.21. The Morgan fingerprint density at radius 2 is 2.00 bits per heavy atom. The molecule has 0 unspecified atom stereocenters. The van der Waals surface area contributed by atoms with Gasteiger partial charge in [-0.1, -0.05) is 19.1 Å². The molecule has 0 aliphatic carbocycles. The number of aliphatic hydroxyl groups is 1. The van der Waals surface area contributed by atoms with E-state index in [9.17, 15) is 14.9 Å². The standard InChI is InChI=1S/C13H19N3O4/c1-2-7-15(8-9-17)13(18)14-10-11-3-5-12(6-4-11)16(19)20/h3-6,17H,2,7-10H2,1H3,(H,14,18). The zero-order valence-electron chi connectivity index (χ0n) is 11.4. The highest BCUT2D eigenvalue weighted by Crippen LogP contribution is 2.11. The predicted molar refractivity (Wildman–Crippen MR) is 74.3 cm³/mol. The summed E-state index contributed by atoms with van der Waals surface area (Å²) < 4.78 is 0. The van der Waals surface area contributed by atoms with Crippen molar-refractivity contribution >= 4 is 11.7 Å². The van der Waals surface area contributed by atoms with Crippen LogP contribution in [0.4, 0.5) is 10.5 Å². The van der Waals surface area contributed by atoms with Crippen LogP contribution in [0.5, 0.6) is 0 Å². The minimum Gasteiger partial charge on any atom is -0.395 e. The minimum absolute atomic E-state index is 0.0213. The highest BCUT2D eigenvalue weighted by molar-refractivity contribution is 5.74. The number of rotatable bonds is 7. The Labute approximate surface area is 117 Å². The summed E-state index contributed by atoms with van der Waals surface area (Å²) in [5.74, 6) is 0. The fourth-order valence-corrected chi connectivity index (χ4v) is 1.73. The van der Waals surface area contributed by atoms with Gasteiger partial charge in [0.15, 0.2) is 0 Å². The number of nitro benzene ring substituents is 1. The second kappa shape index (κ2) is 8.11. The zero-order chi connectivity index (χ0) is 15.0. The third-order valence-electron chi connectivity index (χ3n) is 2.74. The number of nitro groups is 1. The van der Waals surface area contributed by atoms with Crippen molar-refractivity contribution in [2.45, 2.75) is 19.9 Å². The van der Waals surface area contributed by atoms with Crippen LogP contribution in [0, 0.1) is 10.1 Å². The van der Waals surface area contributed by atoms with E-state index in [1.54, 1.807) is 12.1 Å². The van der Waals surface area contributed by atoms with E-state index in [1.165, 1.54) is 17.0 Å². The Morgan fingerprint density at radius 1 is 1.35 bits per heavy atom. The number of carbonyl (C=O) groups excluding carboxylic acids is 1. The molecule has 1 rings (SSSR count). The first-order chi connectivity index (χ1) is 9.58. The number of hydrogen-bond acceptors (Lipinski definition) is 4. The molecule has 0 heterocycles. The molecule has 2 N–H and O–H groups in total. The Bertz CT molecular complexity index is 441. The average Bonchev–Trinajstić information content (AvgIpc) is 2.45.